The summed E-state index contributed by atoms with van der Waals surface area (Å²) in [6.45, 7) is 4.68. The zero-order valence-electron chi connectivity index (χ0n) is 21.6. The van der Waals surface area contributed by atoms with Gasteiger partial charge in [0, 0.05) is 22.4 Å². The molecule has 38 heavy (non-hydrogen) atoms. The molecule has 5 aromatic carbocycles. The molecule has 0 bridgehead atoms. The Morgan fingerprint density at radius 1 is 0.579 bits per heavy atom. The Balaban J connectivity index is 1.29. The van der Waals surface area contributed by atoms with Crippen LogP contribution >= 0.6 is 0 Å². The third-order valence-electron chi connectivity index (χ3n) is 7.90. The molecule has 0 spiro atoms. The van der Waals surface area contributed by atoms with E-state index in [1.54, 1.807) is 0 Å². The molecule has 1 aromatic heterocycles. The average Bonchev–Trinajstić information content (AvgIpc) is 3.21. The predicted molar refractivity (Wildman–Crippen MR) is 159 cm³/mol. The van der Waals surface area contributed by atoms with Gasteiger partial charge >= 0.3 is 0 Å². The SMILES string of the molecule is CC1(C)c2cc(-c3ccc(N(c4ccccc4)c4ccccc4)cn3)ccc2-c2c1ccc1ccccc21. The topological polar surface area (TPSA) is 16.1 Å². The monoisotopic (exact) mass is 488 g/mol. The summed E-state index contributed by atoms with van der Waals surface area (Å²) in [7, 11) is 0. The van der Waals surface area contributed by atoms with Gasteiger partial charge in [-0.15, -0.1) is 0 Å². The maximum absolute atomic E-state index is 4.95. The molecule has 0 aliphatic heterocycles. The highest BCUT2D eigenvalue weighted by molar-refractivity contribution is 6.02. The first-order valence-electron chi connectivity index (χ1n) is 13.1. The summed E-state index contributed by atoms with van der Waals surface area (Å²) in [5.41, 5.74) is 10.8. The Labute approximate surface area is 223 Å². The quantitative estimate of drug-likeness (QED) is 0.245. The summed E-state index contributed by atoms with van der Waals surface area (Å²) in [6.07, 6.45) is 1.98. The van der Waals surface area contributed by atoms with Gasteiger partial charge in [-0.1, -0.05) is 98.8 Å². The number of nitrogens with zero attached hydrogens (tertiary/aromatic N) is 2. The molecule has 0 unspecified atom stereocenters. The van der Waals surface area contributed by atoms with E-state index in [1.807, 2.05) is 18.3 Å². The zero-order valence-corrected chi connectivity index (χ0v) is 21.6. The highest BCUT2D eigenvalue weighted by Gasteiger charge is 2.36. The van der Waals surface area contributed by atoms with Crippen LogP contribution in [-0.4, -0.2) is 4.98 Å². The van der Waals surface area contributed by atoms with Crippen molar-refractivity contribution in [3.63, 3.8) is 0 Å². The number of hydrogen-bond acceptors (Lipinski definition) is 2. The Bertz CT molecular complexity index is 1730. The molecule has 0 amide bonds. The molecule has 182 valence electrons. The Kier molecular flexibility index (Phi) is 5.16. The van der Waals surface area contributed by atoms with Crippen molar-refractivity contribution in [2.45, 2.75) is 19.3 Å². The number of benzene rings is 5. The lowest BCUT2D eigenvalue weighted by molar-refractivity contribution is 0.661. The van der Waals surface area contributed by atoms with Crippen LogP contribution in [0.5, 0.6) is 0 Å². The molecular weight excluding hydrogens is 460 g/mol. The number of para-hydroxylation sites is 2. The molecule has 1 aliphatic carbocycles. The molecule has 0 atom stereocenters. The molecule has 1 aliphatic rings. The Hall–Kier alpha value is -4.69. The number of pyridine rings is 1. The van der Waals surface area contributed by atoms with Gasteiger partial charge in [0.05, 0.1) is 17.6 Å². The van der Waals surface area contributed by atoms with Crippen LogP contribution in [0.3, 0.4) is 0 Å². The fraction of sp³-hybridized carbons (Fsp3) is 0.0833. The van der Waals surface area contributed by atoms with Gasteiger partial charge in [0.2, 0.25) is 0 Å². The molecule has 0 saturated carbocycles. The first-order valence-corrected chi connectivity index (χ1v) is 13.1. The second kappa shape index (κ2) is 8.71. The average molecular weight is 489 g/mol. The van der Waals surface area contributed by atoms with Crippen molar-refractivity contribution >= 4 is 27.8 Å². The minimum absolute atomic E-state index is 0.0674. The van der Waals surface area contributed by atoms with Crippen LogP contribution in [0.25, 0.3) is 33.2 Å². The molecule has 0 radical (unpaired) electrons. The van der Waals surface area contributed by atoms with Crippen molar-refractivity contribution in [2.75, 3.05) is 4.90 Å². The number of anilines is 3. The highest BCUT2D eigenvalue weighted by atomic mass is 15.1. The van der Waals surface area contributed by atoms with Gasteiger partial charge < -0.3 is 4.90 Å². The predicted octanol–water partition coefficient (Wildman–Crippen LogP) is 9.68. The molecule has 0 saturated heterocycles. The van der Waals surface area contributed by atoms with Gasteiger partial charge in [0.25, 0.3) is 0 Å². The van der Waals surface area contributed by atoms with Crippen molar-refractivity contribution in [1.82, 2.24) is 4.98 Å². The fourth-order valence-electron chi connectivity index (χ4n) is 5.96. The Morgan fingerprint density at radius 2 is 1.26 bits per heavy atom. The van der Waals surface area contributed by atoms with E-state index in [-0.39, 0.29) is 5.41 Å². The van der Waals surface area contributed by atoms with Crippen LogP contribution in [0.1, 0.15) is 25.0 Å². The molecular formula is C36H28N2. The van der Waals surface area contributed by atoms with E-state index < -0.39 is 0 Å². The van der Waals surface area contributed by atoms with Gasteiger partial charge in [-0.3, -0.25) is 4.98 Å². The van der Waals surface area contributed by atoms with Gasteiger partial charge in [0.1, 0.15) is 0 Å². The first-order chi connectivity index (χ1) is 18.6. The smallest absolute Gasteiger partial charge is 0.0703 e. The van der Waals surface area contributed by atoms with E-state index in [0.717, 1.165) is 28.3 Å². The molecule has 6 aromatic rings. The van der Waals surface area contributed by atoms with Crippen LogP contribution in [0.2, 0.25) is 0 Å². The van der Waals surface area contributed by atoms with E-state index >= 15 is 0 Å². The number of hydrogen-bond donors (Lipinski definition) is 0. The summed E-state index contributed by atoms with van der Waals surface area (Å²) in [6, 6.07) is 45.3. The molecule has 2 heteroatoms. The number of fused-ring (bicyclic) bond motifs is 5. The third-order valence-corrected chi connectivity index (χ3v) is 7.90. The number of aromatic nitrogens is 1. The van der Waals surface area contributed by atoms with Crippen LogP contribution in [0.4, 0.5) is 17.1 Å². The van der Waals surface area contributed by atoms with Crippen molar-refractivity contribution in [3.8, 4) is 22.4 Å². The van der Waals surface area contributed by atoms with Gasteiger partial charge in [-0.2, -0.15) is 0 Å². The summed E-state index contributed by atoms with van der Waals surface area (Å²) in [5, 5.41) is 2.62. The summed E-state index contributed by atoms with van der Waals surface area (Å²) < 4.78 is 0. The van der Waals surface area contributed by atoms with Gasteiger partial charge in [-0.25, -0.2) is 0 Å². The van der Waals surface area contributed by atoms with Crippen molar-refractivity contribution < 1.29 is 0 Å². The molecule has 0 N–H and O–H groups in total. The third kappa shape index (κ3) is 3.53. The lowest BCUT2D eigenvalue weighted by Crippen LogP contribution is -2.15. The maximum Gasteiger partial charge on any atom is 0.0703 e. The van der Waals surface area contributed by atoms with Crippen molar-refractivity contribution in [2.24, 2.45) is 0 Å². The molecule has 2 nitrogen and oxygen atoms in total. The van der Waals surface area contributed by atoms with Gasteiger partial charge in [0.15, 0.2) is 0 Å². The summed E-state index contributed by atoms with van der Waals surface area (Å²) in [4.78, 5) is 7.19. The second-order valence-electron chi connectivity index (χ2n) is 10.5. The van der Waals surface area contributed by atoms with Crippen molar-refractivity contribution in [1.29, 1.82) is 0 Å². The molecule has 1 heterocycles. The van der Waals surface area contributed by atoms with Gasteiger partial charge in [-0.05, 0) is 75.5 Å². The lowest BCUT2D eigenvalue weighted by Gasteiger charge is -2.25. The first kappa shape index (κ1) is 22.5. The highest BCUT2D eigenvalue weighted by Crippen LogP contribution is 2.52. The fourth-order valence-corrected chi connectivity index (χ4v) is 5.96. The Morgan fingerprint density at radius 3 is 1.95 bits per heavy atom. The van der Waals surface area contributed by atoms with E-state index in [0.29, 0.717) is 0 Å². The second-order valence-corrected chi connectivity index (χ2v) is 10.5. The van der Waals surface area contributed by atoms with Crippen LogP contribution in [0, 0.1) is 0 Å². The lowest BCUT2D eigenvalue weighted by atomic mass is 9.81. The molecule has 7 rings (SSSR count). The van der Waals surface area contributed by atoms with Crippen molar-refractivity contribution in [3.05, 3.63) is 145 Å². The summed E-state index contributed by atoms with van der Waals surface area (Å²) >= 11 is 0. The van der Waals surface area contributed by atoms with E-state index in [2.05, 4.69) is 134 Å². The number of rotatable bonds is 4. The van der Waals surface area contributed by atoms with Crippen LogP contribution < -0.4 is 4.90 Å². The van der Waals surface area contributed by atoms with Crippen LogP contribution in [-0.2, 0) is 5.41 Å². The zero-order chi connectivity index (χ0) is 25.7. The minimum atomic E-state index is -0.0674. The normalized spacial score (nSPS) is 13.2. The minimum Gasteiger partial charge on any atom is -0.309 e. The standard InChI is InChI=1S/C36H28N2/c1-36(2)32-21-18-25-11-9-10-16-30(25)35(32)31-20-17-26(23-33(31)36)34-22-19-29(24-37-34)38(27-12-5-3-6-13-27)28-14-7-4-8-15-28/h3-24H,1-2H3. The summed E-state index contributed by atoms with van der Waals surface area (Å²) in [5.74, 6) is 0. The van der Waals surface area contributed by atoms with E-state index in [9.17, 15) is 0 Å². The van der Waals surface area contributed by atoms with E-state index in [1.165, 1.54) is 33.0 Å². The van der Waals surface area contributed by atoms with Crippen LogP contribution in [0.15, 0.2) is 134 Å². The largest absolute Gasteiger partial charge is 0.309 e. The molecule has 0 fully saturated rings. The maximum atomic E-state index is 4.95. The van der Waals surface area contributed by atoms with E-state index in [4.69, 9.17) is 4.98 Å².